The van der Waals surface area contributed by atoms with E-state index < -0.39 is 0 Å². The fraction of sp³-hybridized carbons (Fsp3) is 0.706. The van der Waals surface area contributed by atoms with Gasteiger partial charge in [-0.15, -0.1) is 5.10 Å². The van der Waals surface area contributed by atoms with E-state index in [0.717, 1.165) is 44.6 Å². The van der Waals surface area contributed by atoms with Gasteiger partial charge in [-0.2, -0.15) is 0 Å². The number of rotatable bonds is 5. The maximum absolute atomic E-state index is 12.4. The number of likely N-dealkylation sites (tertiary alicyclic amines) is 1. The summed E-state index contributed by atoms with van der Waals surface area (Å²) in [4.78, 5) is 14.4. The Labute approximate surface area is 131 Å². The highest BCUT2D eigenvalue weighted by molar-refractivity contribution is 5.77. The average Bonchev–Trinajstić information content (AvgIpc) is 2.96. The molecule has 22 heavy (non-hydrogen) atoms. The van der Waals surface area contributed by atoms with Gasteiger partial charge in [0, 0.05) is 38.2 Å². The molecule has 1 aliphatic heterocycles. The molecule has 3 aliphatic rings. The van der Waals surface area contributed by atoms with E-state index in [0.29, 0.717) is 30.1 Å². The molecule has 1 aromatic heterocycles. The van der Waals surface area contributed by atoms with Crippen LogP contribution in [0.4, 0.5) is 0 Å². The summed E-state index contributed by atoms with van der Waals surface area (Å²) < 4.78 is 1.98. The van der Waals surface area contributed by atoms with Gasteiger partial charge < -0.3 is 4.90 Å². The third-order valence-electron chi connectivity index (χ3n) is 5.18. The van der Waals surface area contributed by atoms with E-state index in [2.05, 4.69) is 33.6 Å². The largest absolute Gasteiger partial charge is 0.342 e. The van der Waals surface area contributed by atoms with Crippen molar-refractivity contribution < 1.29 is 4.79 Å². The highest BCUT2D eigenvalue weighted by atomic mass is 16.2. The Bertz CT molecular complexity index is 575. The van der Waals surface area contributed by atoms with Crippen LogP contribution >= 0.6 is 0 Å². The zero-order valence-corrected chi connectivity index (χ0v) is 13.0. The maximum atomic E-state index is 12.4. The summed E-state index contributed by atoms with van der Waals surface area (Å²) in [6, 6.07) is 0. The lowest BCUT2D eigenvalue weighted by molar-refractivity contribution is -0.131. The van der Waals surface area contributed by atoms with Gasteiger partial charge in [-0.1, -0.05) is 17.4 Å². The number of carbonyl (C=O) groups excluding carboxylic acids is 1. The second-order valence-electron chi connectivity index (χ2n) is 7.10. The van der Waals surface area contributed by atoms with Gasteiger partial charge >= 0.3 is 0 Å². The first-order valence-electron chi connectivity index (χ1n) is 8.62. The van der Waals surface area contributed by atoms with Gasteiger partial charge in [0.15, 0.2) is 0 Å². The number of nitrogens with zero attached hydrogens (tertiary/aromatic N) is 4. The van der Waals surface area contributed by atoms with Gasteiger partial charge in [0.25, 0.3) is 0 Å². The minimum Gasteiger partial charge on any atom is -0.342 e. The summed E-state index contributed by atoms with van der Waals surface area (Å²) in [6.07, 6.45) is 13.1. The van der Waals surface area contributed by atoms with Crippen molar-refractivity contribution in [1.29, 1.82) is 0 Å². The fourth-order valence-electron chi connectivity index (χ4n) is 3.66. The normalized spacial score (nSPS) is 27.7. The molecule has 2 atom stereocenters. The quantitative estimate of drug-likeness (QED) is 0.784. The van der Waals surface area contributed by atoms with Gasteiger partial charge in [0.2, 0.25) is 5.91 Å². The number of hydrogen-bond donors (Lipinski definition) is 0. The highest BCUT2D eigenvalue weighted by Crippen LogP contribution is 2.38. The van der Waals surface area contributed by atoms with Crippen LogP contribution in [0.5, 0.6) is 0 Å². The van der Waals surface area contributed by atoms with Gasteiger partial charge in [0.05, 0.1) is 5.69 Å². The number of allylic oxidation sites excluding steroid dienone is 2. The molecule has 1 saturated heterocycles. The molecule has 0 spiro atoms. The van der Waals surface area contributed by atoms with E-state index in [4.69, 9.17) is 0 Å². The molecule has 5 heteroatoms. The van der Waals surface area contributed by atoms with Gasteiger partial charge in [-0.05, 0) is 43.9 Å². The van der Waals surface area contributed by atoms with E-state index in [1.807, 2.05) is 4.68 Å². The second kappa shape index (κ2) is 5.86. The summed E-state index contributed by atoms with van der Waals surface area (Å²) >= 11 is 0. The van der Waals surface area contributed by atoms with Crippen molar-refractivity contribution >= 4 is 5.91 Å². The lowest BCUT2D eigenvalue weighted by Crippen LogP contribution is -2.30. The second-order valence-corrected chi connectivity index (χ2v) is 7.10. The first kappa shape index (κ1) is 14.0. The molecule has 118 valence electrons. The minimum atomic E-state index is 0.330. The van der Waals surface area contributed by atoms with Crippen LogP contribution < -0.4 is 0 Å². The predicted octanol–water partition coefficient (Wildman–Crippen LogP) is 2.36. The van der Waals surface area contributed by atoms with Crippen LogP contribution in [0.3, 0.4) is 0 Å². The lowest BCUT2D eigenvalue weighted by Gasteiger charge is -2.18. The van der Waals surface area contributed by atoms with E-state index in [9.17, 15) is 4.79 Å². The average molecular weight is 300 g/mol. The predicted molar refractivity (Wildman–Crippen MR) is 83.2 cm³/mol. The topological polar surface area (TPSA) is 51.0 Å². The van der Waals surface area contributed by atoms with Crippen molar-refractivity contribution in [3.8, 4) is 0 Å². The molecule has 1 aromatic rings. The molecule has 0 bridgehead atoms. The molecular formula is C17H24N4O. The molecule has 0 N–H and O–H groups in total. The van der Waals surface area contributed by atoms with Crippen LogP contribution in [0, 0.1) is 11.8 Å². The van der Waals surface area contributed by atoms with Crippen molar-refractivity contribution in [2.75, 3.05) is 13.1 Å². The third-order valence-corrected chi connectivity index (χ3v) is 5.18. The van der Waals surface area contributed by atoms with Crippen LogP contribution in [-0.2, 0) is 11.3 Å². The molecule has 0 radical (unpaired) electrons. The Morgan fingerprint density at radius 2 is 2.18 bits per heavy atom. The fourth-order valence-corrected chi connectivity index (χ4v) is 3.66. The summed E-state index contributed by atoms with van der Waals surface area (Å²) in [5, 5.41) is 8.52. The molecule has 1 amide bonds. The summed E-state index contributed by atoms with van der Waals surface area (Å²) in [5.74, 6) is 1.99. The number of aromatic nitrogens is 3. The van der Waals surface area contributed by atoms with Crippen molar-refractivity contribution in [3.05, 3.63) is 24.0 Å². The zero-order chi connectivity index (χ0) is 14.9. The maximum Gasteiger partial charge on any atom is 0.223 e. The van der Waals surface area contributed by atoms with E-state index in [1.165, 1.54) is 12.8 Å². The molecule has 5 nitrogen and oxygen atoms in total. The lowest BCUT2D eigenvalue weighted by atomic mass is 10.0. The van der Waals surface area contributed by atoms with Crippen molar-refractivity contribution in [3.63, 3.8) is 0 Å². The Morgan fingerprint density at radius 1 is 1.27 bits per heavy atom. The third kappa shape index (κ3) is 3.08. The molecule has 1 saturated carbocycles. The van der Waals surface area contributed by atoms with Crippen molar-refractivity contribution in [2.45, 2.75) is 51.0 Å². The number of amides is 1. The molecule has 2 fully saturated rings. The number of hydrogen-bond acceptors (Lipinski definition) is 3. The standard InChI is InChI=1S/C17H24N4O/c22-17(9-13-3-1-2-4-13)20-8-7-14(10-20)11-21-12-16(18-19-21)15-5-6-15/h1,3,12-15H,2,4-11H2. The SMILES string of the molecule is O=C(CC1C=CCC1)N1CCC(Cn2cc(C3CC3)nn2)C1. The van der Waals surface area contributed by atoms with E-state index >= 15 is 0 Å². The van der Waals surface area contributed by atoms with E-state index in [-0.39, 0.29) is 0 Å². The molecule has 2 unspecified atom stereocenters. The van der Waals surface area contributed by atoms with Crippen LogP contribution in [-0.4, -0.2) is 38.9 Å². The van der Waals surface area contributed by atoms with Gasteiger partial charge in [0.1, 0.15) is 0 Å². The van der Waals surface area contributed by atoms with Crippen LogP contribution in [0.1, 0.15) is 50.1 Å². The molecular weight excluding hydrogens is 276 g/mol. The van der Waals surface area contributed by atoms with Crippen LogP contribution in [0.25, 0.3) is 0 Å². The summed E-state index contributed by atoms with van der Waals surface area (Å²) in [5.41, 5.74) is 1.15. The van der Waals surface area contributed by atoms with Crippen molar-refractivity contribution in [1.82, 2.24) is 19.9 Å². The Kier molecular flexibility index (Phi) is 3.72. The molecule has 0 aromatic carbocycles. The van der Waals surface area contributed by atoms with E-state index in [1.54, 1.807) is 0 Å². The highest BCUT2D eigenvalue weighted by Gasteiger charge is 2.29. The Morgan fingerprint density at radius 3 is 2.95 bits per heavy atom. The van der Waals surface area contributed by atoms with Crippen LogP contribution in [0.15, 0.2) is 18.3 Å². The van der Waals surface area contributed by atoms with Gasteiger partial charge in [-0.3, -0.25) is 9.48 Å². The number of carbonyl (C=O) groups is 1. The first-order valence-corrected chi connectivity index (χ1v) is 8.62. The minimum absolute atomic E-state index is 0.330. The molecule has 4 rings (SSSR count). The summed E-state index contributed by atoms with van der Waals surface area (Å²) in [6.45, 7) is 2.69. The van der Waals surface area contributed by atoms with Gasteiger partial charge in [-0.25, -0.2) is 0 Å². The zero-order valence-electron chi connectivity index (χ0n) is 13.0. The molecule has 2 aliphatic carbocycles. The monoisotopic (exact) mass is 300 g/mol. The van der Waals surface area contributed by atoms with Crippen LogP contribution in [0.2, 0.25) is 0 Å². The smallest absolute Gasteiger partial charge is 0.223 e. The molecule has 2 heterocycles. The summed E-state index contributed by atoms with van der Waals surface area (Å²) in [7, 11) is 0. The first-order chi connectivity index (χ1) is 10.8. The van der Waals surface area contributed by atoms with Crippen molar-refractivity contribution in [2.24, 2.45) is 11.8 Å². The Hall–Kier alpha value is -1.65. The Balaban J connectivity index is 1.27.